The van der Waals surface area contributed by atoms with Crippen molar-refractivity contribution in [1.82, 2.24) is 0 Å². The molecule has 3 nitrogen and oxygen atoms in total. The van der Waals surface area contributed by atoms with E-state index in [9.17, 15) is 0 Å². The third-order valence-corrected chi connectivity index (χ3v) is 2.16. The van der Waals surface area contributed by atoms with E-state index in [1.54, 1.807) is 18.2 Å². The lowest BCUT2D eigenvalue weighted by Gasteiger charge is -2.07. The van der Waals surface area contributed by atoms with Crippen LogP contribution in [0, 0.1) is 22.7 Å². The van der Waals surface area contributed by atoms with Crippen LogP contribution in [0.3, 0.4) is 0 Å². The SMILES string of the molecule is CCC(C#N)c1ccc(N)c(C#N)c1. The van der Waals surface area contributed by atoms with E-state index in [1.807, 2.05) is 13.0 Å². The molecule has 3 heteroatoms. The third kappa shape index (κ3) is 1.84. The van der Waals surface area contributed by atoms with E-state index in [-0.39, 0.29) is 5.92 Å². The zero-order valence-electron chi connectivity index (χ0n) is 7.99. The van der Waals surface area contributed by atoms with Crippen molar-refractivity contribution in [2.75, 3.05) is 5.73 Å². The second kappa shape index (κ2) is 4.30. The van der Waals surface area contributed by atoms with Gasteiger partial charge in [-0.25, -0.2) is 0 Å². The van der Waals surface area contributed by atoms with Gasteiger partial charge in [-0.15, -0.1) is 0 Å². The van der Waals surface area contributed by atoms with Gasteiger partial charge in [-0.1, -0.05) is 13.0 Å². The Balaban J connectivity index is 3.14. The van der Waals surface area contributed by atoms with Gasteiger partial charge in [0.25, 0.3) is 0 Å². The molecule has 0 aliphatic carbocycles. The quantitative estimate of drug-likeness (QED) is 0.717. The van der Waals surface area contributed by atoms with Crippen LogP contribution in [0.25, 0.3) is 0 Å². The van der Waals surface area contributed by atoms with Crippen molar-refractivity contribution in [2.45, 2.75) is 19.3 Å². The number of nitriles is 2. The summed E-state index contributed by atoms with van der Waals surface area (Å²) < 4.78 is 0. The van der Waals surface area contributed by atoms with Gasteiger partial charge in [0.1, 0.15) is 6.07 Å². The molecule has 0 heterocycles. The fourth-order valence-corrected chi connectivity index (χ4v) is 1.29. The van der Waals surface area contributed by atoms with Crippen LogP contribution in [-0.4, -0.2) is 0 Å². The fraction of sp³-hybridized carbons (Fsp3) is 0.273. The molecule has 0 fully saturated rings. The Labute approximate surface area is 83.4 Å². The summed E-state index contributed by atoms with van der Waals surface area (Å²) in [6.45, 7) is 1.94. The average molecular weight is 185 g/mol. The molecule has 0 amide bonds. The van der Waals surface area contributed by atoms with Gasteiger partial charge in [-0.3, -0.25) is 0 Å². The first-order valence-electron chi connectivity index (χ1n) is 4.42. The molecule has 0 saturated carbocycles. The smallest absolute Gasteiger partial charge is 0.101 e. The first-order valence-corrected chi connectivity index (χ1v) is 4.42. The summed E-state index contributed by atoms with van der Waals surface area (Å²) in [6, 6.07) is 9.35. The molecule has 14 heavy (non-hydrogen) atoms. The van der Waals surface area contributed by atoms with E-state index in [0.717, 1.165) is 12.0 Å². The van der Waals surface area contributed by atoms with Crippen LogP contribution in [0.5, 0.6) is 0 Å². The molecule has 1 rings (SSSR count). The molecular weight excluding hydrogens is 174 g/mol. The van der Waals surface area contributed by atoms with E-state index in [0.29, 0.717) is 11.3 Å². The molecule has 1 aromatic carbocycles. The summed E-state index contributed by atoms with van der Waals surface area (Å²) in [5, 5.41) is 17.6. The van der Waals surface area contributed by atoms with E-state index >= 15 is 0 Å². The Morgan fingerprint density at radius 3 is 2.64 bits per heavy atom. The standard InChI is InChI=1S/C11H11N3/c1-2-8(6-12)9-3-4-11(14)10(5-9)7-13/h3-5,8H,2,14H2,1H3. The maximum atomic E-state index is 8.85. The Hall–Kier alpha value is -2.00. The van der Waals surface area contributed by atoms with Crippen LogP contribution < -0.4 is 5.73 Å². The zero-order valence-corrected chi connectivity index (χ0v) is 7.99. The van der Waals surface area contributed by atoms with Gasteiger partial charge in [-0.2, -0.15) is 10.5 Å². The summed E-state index contributed by atoms with van der Waals surface area (Å²) in [7, 11) is 0. The molecule has 0 spiro atoms. The van der Waals surface area contributed by atoms with E-state index in [4.69, 9.17) is 16.3 Å². The van der Waals surface area contributed by atoms with Crippen LogP contribution in [0.1, 0.15) is 30.4 Å². The molecule has 1 unspecified atom stereocenters. The lowest BCUT2D eigenvalue weighted by molar-refractivity contribution is 0.818. The van der Waals surface area contributed by atoms with Gasteiger partial charge in [0.05, 0.1) is 17.6 Å². The van der Waals surface area contributed by atoms with Crippen LogP contribution in [0.2, 0.25) is 0 Å². The number of anilines is 1. The second-order valence-corrected chi connectivity index (χ2v) is 3.05. The number of nitrogen functional groups attached to an aromatic ring is 1. The van der Waals surface area contributed by atoms with Crippen LogP contribution in [-0.2, 0) is 0 Å². The molecule has 70 valence electrons. The van der Waals surface area contributed by atoms with Crippen molar-refractivity contribution >= 4 is 5.69 Å². The fourth-order valence-electron chi connectivity index (χ4n) is 1.29. The minimum absolute atomic E-state index is 0.150. The molecule has 0 aliphatic heterocycles. The van der Waals surface area contributed by atoms with Crippen LogP contribution >= 0.6 is 0 Å². The van der Waals surface area contributed by atoms with Crippen molar-refractivity contribution < 1.29 is 0 Å². The first-order chi connectivity index (χ1) is 6.72. The van der Waals surface area contributed by atoms with Gasteiger partial charge in [0, 0.05) is 5.69 Å². The van der Waals surface area contributed by atoms with E-state index in [2.05, 4.69) is 6.07 Å². The van der Waals surface area contributed by atoms with Crippen molar-refractivity contribution in [2.24, 2.45) is 0 Å². The molecular formula is C11H11N3. The Kier molecular flexibility index (Phi) is 3.09. The van der Waals surface area contributed by atoms with Crippen molar-refractivity contribution in [3.63, 3.8) is 0 Å². The predicted molar refractivity (Wildman–Crippen MR) is 54.2 cm³/mol. The van der Waals surface area contributed by atoms with Gasteiger partial charge >= 0.3 is 0 Å². The van der Waals surface area contributed by atoms with Crippen LogP contribution in [0.15, 0.2) is 18.2 Å². The molecule has 0 radical (unpaired) electrons. The zero-order chi connectivity index (χ0) is 10.6. The minimum atomic E-state index is -0.150. The molecule has 1 aromatic rings. The van der Waals surface area contributed by atoms with Crippen molar-refractivity contribution in [3.8, 4) is 12.1 Å². The van der Waals surface area contributed by atoms with Gasteiger partial charge in [-0.05, 0) is 24.1 Å². The lowest BCUT2D eigenvalue weighted by Crippen LogP contribution is -1.97. The highest BCUT2D eigenvalue weighted by atomic mass is 14.6. The molecule has 2 N–H and O–H groups in total. The van der Waals surface area contributed by atoms with Crippen molar-refractivity contribution in [1.29, 1.82) is 10.5 Å². The predicted octanol–water partition coefficient (Wildman–Crippen LogP) is 2.16. The van der Waals surface area contributed by atoms with E-state index in [1.165, 1.54) is 0 Å². The molecule has 0 aliphatic rings. The molecule has 0 aromatic heterocycles. The first kappa shape index (κ1) is 10.1. The van der Waals surface area contributed by atoms with Gasteiger partial charge in [0.15, 0.2) is 0 Å². The summed E-state index contributed by atoms with van der Waals surface area (Å²) >= 11 is 0. The van der Waals surface area contributed by atoms with Crippen molar-refractivity contribution in [3.05, 3.63) is 29.3 Å². The van der Waals surface area contributed by atoms with Crippen LogP contribution in [0.4, 0.5) is 5.69 Å². The average Bonchev–Trinajstić information content (AvgIpc) is 2.22. The second-order valence-electron chi connectivity index (χ2n) is 3.05. The monoisotopic (exact) mass is 185 g/mol. The summed E-state index contributed by atoms with van der Waals surface area (Å²) in [4.78, 5) is 0. The topological polar surface area (TPSA) is 73.6 Å². The number of nitrogens with zero attached hydrogens (tertiary/aromatic N) is 2. The number of rotatable bonds is 2. The summed E-state index contributed by atoms with van der Waals surface area (Å²) in [5.74, 6) is -0.150. The highest BCUT2D eigenvalue weighted by molar-refractivity contribution is 5.55. The highest BCUT2D eigenvalue weighted by Gasteiger charge is 2.09. The number of hydrogen-bond donors (Lipinski definition) is 1. The largest absolute Gasteiger partial charge is 0.398 e. The molecule has 0 saturated heterocycles. The van der Waals surface area contributed by atoms with Gasteiger partial charge in [0.2, 0.25) is 0 Å². The van der Waals surface area contributed by atoms with Gasteiger partial charge < -0.3 is 5.73 Å². The summed E-state index contributed by atoms with van der Waals surface area (Å²) in [5.41, 5.74) is 7.34. The normalized spacial score (nSPS) is 11.4. The molecule has 1 atom stereocenters. The highest BCUT2D eigenvalue weighted by Crippen LogP contribution is 2.22. The third-order valence-electron chi connectivity index (χ3n) is 2.16. The molecule has 0 bridgehead atoms. The number of nitrogens with two attached hydrogens (primary N) is 1. The minimum Gasteiger partial charge on any atom is -0.398 e. The number of hydrogen-bond acceptors (Lipinski definition) is 3. The lowest BCUT2D eigenvalue weighted by atomic mass is 9.96. The summed E-state index contributed by atoms with van der Waals surface area (Å²) in [6.07, 6.45) is 0.741. The Bertz CT molecular complexity index is 410. The van der Waals surface area contributed by atoms with E-state index < -0.39 is 0 Å². The maximum absolute atomic E-state index is 8.85. The maximum Gasteiger partial charge on any atom is 0.101 e. The number of benzene rings is 1. The Morgan fingerprint density at radius 2 is 2.14 bits per heavy atom. The Morgan fingerprint density at radius 1 is 1.43 bits per heavy atom.